The third-order valence-electron chi connectivity index (χ3n) is 2.76. The van der Waals surface area contributed by atoms with Crippen LogP contribution in [0.4, 0.5) is 0 Å². The molecule has 1 aromatic carbocycles. The van der Waals surface area contributed by atoms with Crippen molar-refractivity contribution in [3.8, 4) is 0 Å². The normalized spacial score (nSPS) is 13.2. The Hall–Kier alpha value is -0.830. The van der Waals surface area contributed by atoms with Gasteiger partial charge in [-0.3, -0.25) is 4.79 Å². The number of benzene rings is 1. The van der Waals surface area contributed by atoms with E-state index in [4.69, 9.17) is 0 Å². The molecule has 0 saturated carbocycles. The van der Waals surface area contributed by atoms with Gasteiger partial charge in [0.15, 0.2) is 0 Å². The average molecular weight is 298 g/mol. The van der Waals surface area contributed by atoms with E-state index >= 15 is 0 Å². The van der Waals surface area contributed by atoms with E-state index in [9.17, 15) is 4.79 Å². The summed E-state index contributed by atoms with van der Waals surface area (Å²) in [5.41, 5.74) is 0.780. The quantitative estimate of drug-likeness (QED) is 0.827. The minimum absolute atomic E-state index is 0.0562. The van der Waals surface area contributed by atoms with Crippen molar-refractivity contribution in [2.75, 3.05) is 0 Å². The zero-order valence-corrected chi connectivity index (χ0v) is 12.3. The standard InChI is InChI=1S/C14H20BrNO/c1-4-8-12(15)13(17)16-14(2,3)11-9-6-5-7-10-11/h5-7,9-10,12H,4,8H2,1-3H3,(H,16,17). The first-order chi connectivity index (χ1) is 7.97. The van der Waals surface area contributed by atoms with Crippen LogP contribution in [0.2, 0.25) is 0 Å². The number of amides is 1. The highest BCUT2D eigenvalue weighted by molar-refractivity contribution is 9.10. The lowest BCUT2D eigenvalue weighted by atomic mass is 9.94. The van der Waals surface area contributed by atoms with Crippen molar-refractivity contribution >= 4 is 21.8 Å². The van der Waals surface area contributed by atoms with Gasteiger partial charge in [0.2, 0.25) is 5.91 Å². The molecule has 1 aromatic rings. The minimum atomic E-state index is -0.335. The fraction of sp³-hybridized carbons (Fsp3) is 0.500. The summed E-state index contributed by atoms with van der Waals surface area (Å²) in [5.74, 6) is 0.0562. The van der Waals surface area contributed by atoms with E-state index < -0.39 is 0 Å². The van der Waals surface area contributed by atoms with Gasteiger partial charge in [-0.05, 0) is 25.8 Å². The molecule has 0 fully saturated rings. The molecule has 1 N–H and O–H groups in total. The van der Waals surface area contributed by atoms with Crippen LogP contribution in [0.15, 0.2) is 30.3 Å². The molecule has 1 amide bonds. The Morgan fingerprint density at radius 2 is 1.94 bits per heavy atom. The van der Waals surface area contributed by atoms with Crippen LogP contribution in [-0.2, 0) is 10.3 Å². The number of hydrogen-bond donors (Lipinski definition) is 1. The molecule has 0 radical (unpaired) electrons. The maximum absolute atomic E-state index is 12.0. The summed E-state index contributed by atoms with van der Waals surface area (Å²) in [6.07, 6.45) is 1.85. The summed E-state index contributed by atoms with van der Waals surface area (Å²) < 4.78 is 0. The van der Waals surface area contributed by atoms with Gasteiger partial charge in [-0.25, -0.2) is 0 Å². The molecule has 0 heterocycles. The molecule has 1 atom stereocenters. The molecule has 0 bridgehead atoms. The van der Waals surface area contributed by atoms with Crippen molar-refractivity contribution in [1.29, 1.82) is 0 Å². The second-order valence-corrected chi connectivity index (χ2v) is 5.84. The van der Waals surface area contributed by atoms with E-state index in [0.29, 0.717) is 0 Å². The lowest BCUT2D eigenvalue weighted by Crippen LogP contribution is -2.44. The second-order valence-electron chi connectivity index (χ2n) is 4.74. The van der Waals surface area contributed by atoms with Gasteiger partial charge in [0.25, 0.3) is 0 Å². The summed E-state index contributed by atoms with van der Waals surface area (Å²) in [5, 5.41) is 3.07. The van der Waals surface area contributed by atoms with Crippen molar-refractivity contribution in [1.82, 2.24) is 5.32 Å². The number of carbonyl (C=O) groups is 1. The largest absolute Gasteiger partial charge is 0.346 e. The van der Waals surface area contributed by atoms with E-state index in [1.807, 2.05) is 44.2 Å². The molecule has 1 rings (SSSR count). The fourth-order valence-electron chi connectivity index (χ4n) is 1.70. The van der Waals surface area contributed by atoms with Gasteiger partial charge in [0.1, 0.15) is 0 Å². The van der Waals surface area contributed by atoms with E-state index in [1.165, 1.54) is 0 Å². The van der Waals surface area contributed by atoms with Gasteiger partial charge in [-0.2, -0.15) is 0 Å². The maximum atomic E-state index is 12.0. The molecule has 94 valence electrons. The van der Waals surface area contributed by atoms with Gasteiger partial charge in [-0.1, -0.05) is 59.6 Å². The SMILES string of the molecule is CCCC(Br)C(=O)NC(C)(C)c1ccccc1. The van der Waals surface area contributed by atoms with Gasteiger partial charge in [0, 0.05) is 0 Å². The van der Waals surface area contributed by atoms with Crippen LogP contribution in [0.25, 0.3) is 0 Å². The maximum Gasteiger partial charge on any atom is 0.234 e. The Labute approximate surface area is 112 Å². The van der Waals surface area contributed by atoms with Crippen molar-refractivity contribution < 1.29 is 4.79 Å². The van der Waals surface area contributed by atoms with E-state index in [1.54, 1.807) is 0 Å². The van der Waals surface area contributed by atoms with Gasteiger partial charge in [-0.15, -0.1) is 0 Å². The first-order valence-corrected chi connectivity index (χ1v) is 6.90. The zero-order valence-electron chi connectivity index (χ0n) is 10.7. The monoisotopic (exact) mass is 297 g/mol. The number of rotatable bonds is 5. The van der Waals surface area contributed by atoms with Crippen LogP contribution >= 0.6 is 15.9 Å². The summed E-state index contributed by atoms with van der Waals surface area (Å²) in [6.45, 7) is 6.11. The van der Waals surface area contributed by atoms with E-state index in [0.717, 1.165) is 18.4 Å². The summed E-state index contributed by atoms with van der Waals surface area (Å²) >= 11 is 3.42. The lowest BCUT2D eigenvalue weighted by Gasteiger charge is -2.28. The molecule has 0 aromatic heterocycles. The molecule has 0 aliphatic heterocycles. The molecular formula is C14H20BrNO. The molecule has 17 heavy (non-hydrogen) atoms. The molecular weight excluding hydrogens is 278 g/mol. The van der Waals surface area contributed by atoms with Crippen LogP contribution in [0.5, 0.6) is 0 Å². The number of hydrogen-bond acceptors (Lipinski definition) is 1. The van der Waals surface area contributed by atoms with E-state index in [-0.39, 0.29) is 16.3 Å². The number of halogens is 1. The Balaban J connectivity index is 2.70. The lowest BCUT2D eigenvalue weighted by molar-refractivity contribution is -0.122. The molecule has 0 aliphatic rings. The van der Waals surface area contributed by atoms with Crippen molar-refractivity contribution in [3.05, 3.63) is 35.9 Å². The van der Waals surface area contributed by atoms with Crippen LogP contribution in [0.1, 0.15) is 39.2 Å². The third-order valence-corrected chi connectivity index (χ3v) is 3.63. The Bertz CT molecular complexity index is 362. The molecule has 0 aliphatic carbocycles. The highest BCUT2D eigenvalue weighted by atomic mass is 79.9. The smallest absolute Gasteiger partial charge is 0.234 e. The first kappa shape index (κ1) is 14.2. The van der Waals surface area contributed by atoms with Gasteiger partial charge in [0.05, 0.1) is 10.4 Å². The zero-order chi connectivity index (χ0) is 12.9. The van der Waals surface area contributed by atoms with Crippen molar-refractivity contribution in [2.24, 2.45) is 0 Å². The molecule has 2 nitrogen and oxygen atoms in total. The second kappa shape index (κ2) is 6.20. The van der Waals surface area contributed by atoms with Crippen LogP contribution in [0, 0.1) is 0 Å². The van der Waals surface area contributed by atoms with Gasteiger partial charge >= 0.3 is 0 Å². The van der Waals surface area contributed by atoms with Crippen LogP contribution in [-0.4, -0.2) is 10.7 Å². The Morgan fingerprint density at radius 3 is 2.47 bits per heavy atom. The average Bonchev–Trinajstić information content (AvgIpc) is 2.30. The van der Waals surface area contributed by atoms with Gasteiger partial charge < -0.3 is 5.32 Å². The molecule has 1 unspecified atom stereocenters. The minimum Gasteiger partial charge on any atom is -0.346 e. The molecule has 3 heteroatoms. The van der Waals surface area contributed by atoms with Crippen molar-refractivity contribution in [3.63, 3.8) is 0 Å². The Kier molecular flexibility index (Phi) is 5.19. The predicted octanol–water partition coefficient (Wildman–Crippen LogP) is 3.60. The molecule has 0 saturated heterocycles. The summed E-state index contributed by atoms with van der Waals surface area (Å²) in [4.78, 5) is 11.9. The highest BCUT2D eigenvalue weighted by Gasteiger charge is 2.25. The third kappa shape index (κ3) is 4.15. The van der Waals surface area contributed by atoms with Crippen LogP contribution in [0.3, 0.4) is 0 Å². The molecule has 0 spiro atoms. The van der Waals surface area contributed by atoms with Crippen LogP contribution < -0.4 is 5.32 Å². The van der Waals surface area contributed by atoms with E-state index in [2.05, 4.69) is 28.2 Å². The first-order valence-electron chi connectivity index (χ1n) is 5.99. The summed E-state index contributed by atoms with van der Waals surface area (Å²) in [7, 11) is 0. The Morgan fingerprint density at radius 1 is 1.35 bits per heavy atom. The summed E-state index contributed by atoms with van der Waals surface area (Å²) in [6, 6.07) is 10.0. The highest BCUT2D eigenvalue weighted by Crippen LogP contribution is 2.20. The fourth-order valence-corrected chi connectivity index (χ4v) is 2.27. The van der Waals surface area contributed by atoms with Crippen molar-refractivity contribution in [2.45, 2.75) is 44.0 Å². The number of alkyl halides is 1. The number of carbonyl (C=O) groups excluding carboxylic acids is 1. The predicted molar refractivity (Wildman–Crippen MR) is 75.2 cm³/mol. The number of nitrogens with one attached hydrogen (secondary N) is 1. The topological polar surface area (TPSA) is 29.1 Å².